The van der Waals surface area contributed by atoms with E-state index in [9.17, 15) is 14.4 Å². The van der Waals surface area contributed by atoms with E-state index in [0.29, 0.717) is 29.4 Å². The Morgan fingerprint density at radius 3 is 2.00 bits per heavy atom. The molecule has 6 aromatic rings. The van der Waals surface area contributed by atoms with Crippen molar-refractivity contribution in [2.45, 2.75) is 42.2 Å². The summed E-state index contributed by atoms with van der Waals surface area (Å²) in [5.41, 5.74) is 6.00. The highest BCUT2D eigenvalue weighted by Crippen LogP contribution is 2.43. The fourth-order valence-electron chi connectivity index (χ4n) is 7.64. The summed E-state index contributed by atoms with van der Waals surface area (Å²) in [4.78, 5) is 42.1. The van der Waals surface area contributed by atoms with Gasteiger partial charge in [0, 0.05) is 11.5 Å². The van der Waals surface area contributed by atoms with Crippen molar-refractivity contribution in [2.75, 3.05) is 18.6 Å². The quantitative estimate of drug-likeness (QED) is 0.0462. The number of hydrogen-bond donors (Lipinski definition) is 1. The molecule has 10 nitrogen and oxygen atoms in total. The average molecular weight is 822 g/mol. The minimum atomic E-state index is -0.760. The Labute approximate surface area is 352 Å². The van der Waals surface area contributed by atoms with E-state index in [1.54, 1.807) is 30.6 Å². The van der Waals surface area contributed by atoms with Gasteiger partial charge in [-0.3, -0.25) is 14.5 Å². The molecule has 2 atom stereocenters. The first-order valence-corrected chi connectivity index (χ1v) is 21.6. The number of aromatic nitrogens is 3. The van der Waals surface area contributed by atoms with Crippen LogP contribution in [0.2, 0.25) is 0 Å². The Morgan fingerprint density at radius 2 is 1.41 bits per heavy atom. The first-order chi connectivity index (χ1) is 28.9. The number of methoxy groups -OCH3 is 1. The van der Waals surface area contributed by atoms with Gasteiger partial charge >= 0.3 is 5.97 Å². The summed E-state index contributed by atoms with van der Waals surface area (Å²) in [5, 5.41) is 11.9. The predicted octanol–water partition coefficient (Wildman–Crippen LogP) is 7.39. The molecule has 0 aliphatic carbocycles. The molecule has 59 heavy (non-hydrogen) atoms. The number of nitrogens with zero attached hydrogens (tertiary/aromatic N) is 4. The normalized spacial score (nSPS) is 16.2. The maximum Gasteiger partial charge on any atom is 0.355 e. The summed E-state index contributed by atoms with van der Waals surface area (Å²) >= 11 is 3.24. The second-order valence-corrected chi connectivity index (χ2v) is 16.5. The van der Waals surface area contributed by atoms with Crippen molar-refractivity contribution in [2.24, 2.45) is 0 Å². The maximum atomic E-state index is 13.9. The molecule has 2 aliphatic rings. The molecule has 1 N–H and O–H groups in total. The van der Waals surface area contributed by atoms with Crippen LogP contribution in [0.3, 0.4) is 0 Å². The standard InChI is InChI=1S/C47H43N5O5S2/c1-56-40-24-22-34(23-25-40)30-57-46(55)43-35(31-59-45-42(44(54)52(43)45)48-41(53)28-33-14-6-2-7-15-33)26-27-58-32-39-29-51(50-49-39)47(36-16-8-3-9-17-36,37-18-10-4-11-19-37)38-20-12-5-13-21-38/h2-25,29,42,45H,26-28,30-32H2,1H3,(H,48,53)/t42-,45-/m1/s1. The Hall–Kier alpha value is -6.11. The third-order valence-corrected chi connectivity index (χ3v) is 12.9. The molecular formula is C47H43N5O5S2. The fourth-order valence-corrected chi connectivity index (χ4v) is 9.91. The molecule has 1 aromatic heterocycles. The fraction of sp³-hybridized carbons (Fsp3) is 0.213. The second-order valence-electron chi connectivity index (χ2n) is 14.3. The highest BCUT2D eigenvalue weighted by molar-refractivity contribution is 8.00. The monoisotopic (exact) mass is 821 g/mol. The third-order valence-electron chi connectivity index (χ3n) is 10.6. The summed E-state index contributed by atoms with van der Waals surface area (Å²) in [5.74, 6) is 1.37. The highest BCUT2D eigenvalue weighted by atomic mass is 32.2. The molecule has 12 heteroatoms. The highest BCUT2D eigenvalue weighted by Gasteiger charge is 2.54. The van der Waals surface area contributed by atoms with E-state index in [2.05, 4.69) is 46.8 Å². The number of amides is 2. The molecule has 0 unspecified atom stereocenters. The van der Waals surface area contributed by atoms with E-state index < -0.39 is 22.9 Å². The van der Waals surface area contributed by atoms with Gasteiger partial charge < -0.3 is 14.8 Å². The van der Waals surface area contributed by atoms with Crippen molar-refractivity contribution < 1.29 is 23.9 Å². The van der Waals surface area contributed by atoms with Crippen molar-refractivity contribution in [1.82, 2.24) is 25.2 Å². The van der Waals surface area contributed by atoms with Gasteiger partial charge in [0.25, 0.3) is 5.91 Å². The van der Waals surface area contributed by atoms with Gasteiger partial charge in [-0.25, -0.2) is 9.48 Å². The van der Waals surface area contributed by atoms with Crippen molar-refractivity contribution in [3.8, 4) is 5.75 Å². The molecule has 298 valence electrons. The number of rotatable bonds is 16. The minimum Gasteiger partial charge on any atom is -0.497 e. The topological polar surface area (TPSA) is 116 Å². The van der Waals surface area contributed by atoms with Crippen LogP contribution in [-0.2, 0) is 43.4 Å². The molecule has 5 aromatic carbocycles. The van der Waals surface area contributed by atoms with Crippen LogP contribution >= 0.6 is 23.5 Å². The molecule has 2 amide bonds. The molecule has 0 bridgehead atoms. The number of thioether (sulfide) groups is 2. The summed E-state index contributed by atoms with van der Waals surface area (Å²) in [6, 6.07) is 47.0. The zero-order chi connectivity index (χ0) is 40.6. The number of benzene rings is 5. The van der Waals surface area contributed by atoms with Gasteiger partial charge in [0.1, 0.15) is 35.0 Å². The zero-order valence-electron chi connectivity index (χ0n) is 32.5. The van der Waals surface area contributed by atoms with Crippen LogP contribution < -0.4 is 10.1 Å². The first-order valence-electron chi connectivity index (χ1n) is 19.4. The van der Waals surface area contributed by atoms with Crippen LogP contribution in [0.25, 0.3) is 0 Å². The predicted molar refractivity (Wildman–Crippen MR) is 230 cm³/mol. The lowest BCUT2D eigenvalue weighted by molar-refractivity contribution is -0.153. The molecule has 0 radical (unpaired) electrons. The molecular weight excluding hydrogens is 779 g/mol. The number of ether oxygens (including phenoxy) is 2. The van der Waals surface area contributed by atoms with Gasteiger partial charge in [0.2, 0.25) is 5.91 Å². The van der Waals surface area contributed by atoms with Crippen LogP contribution in [0.4, 0.5) is 0 Å². The van der Waals surface area contributed by atoms with E-state index in [4.69, 9.17) is 14.7 Å². The van der Waals surface area contributed by atoms with E-state index in [1.165, 1.54) is 4.90 Å². The summed E-state index contributed by atoms with van der Waals surface area (Å²) < 4.78 is 13.1. The average Bonchev–Trinajstić information content (AvgIpc) is 3.76. The van der Waals surface area contributed by atoms with E-state index >= 15 is 0 Å². The van der Waals surface area contributed by atoms with Gasteiger partial charge in [0.05, 0.1) is 25.4 Å². The van der Waals surface area contributed by atoms with Crippen molar-refractivity contribution >= 4 is 41.3 Å². The first kappa shape index (κ1) is 39.7. The number of nitrogens with one attached hydrogen (secondary N) is 1. The molecule has 0 spiro atoms. The minimum absolute atomic E-state index is 0.0392. The van der Waals surface area contributed by atoms with Gasteiger partial charge in [-0.2, -0.15) is 11.8 Å². The third kappa shape index (κ3) is 8.41. The van der Waals surface area contributed by atoms with E-state index in [0.717, 1.165) is 39.1 Å². The molecule has 8 rings (SSSR count). The summed E-state index contributed by atoms with van der Waals surface area (Å²) in [6.45, 7) is 0.0392. The Balaban J connectivity index is 0.992. The summed E-state index contributed by atoms with van der Waals surface area (Å²) in [6.07, 6.45) is 2.74. The summed E-state index contributed by atoms with van der Waals surface area (Å²) in [7, 11) is 1.60. The smallest absolute Gasteiger partial charge is 0.355 e. The number of fused-ring (bicyclic) bond motifs is 1. The van der Waals surface area contributed by atoms with E-state index in [-0.39, 0.29) is 30.5 Å². The number of β-lactam (4-membered cyclic amide) rings is 1. The Kier molecular flexibility index (Phi) is 12.3. The van der Waals surface area contributed by atoms with Gasteiger partial charge in [-0.15, -0.1) is 16.9 Å². The molecule has 2 aliphatic heterocycles. The Bertz CT molecular complexity index is 2310. The largest absolute Gasteiger partial charge is 0.497 e. The lowest BCUT2D eigenvalue weighted by atomic mass is 9.77. The zero-order valence-corrected chi connectivity index (χ0v) is 34.1. The Morgan fingerprint density at radius 1 is 0.814 bits per heavy atom. The number of esters is 1. The van der Waals surface area contributed by atoms with Crippen LogP contribution in [0.15, 0.2) is 163 Å². The van der Waals surface area contributed by atoms with Crippen molar-refractivity contribution in [3.05, 3.63) is 197 Å². The molecule has 0 saturated carbocycles. The van der Waals surface area contributed by atoms with Crippen molar-refractivity contribution in [1.29, 1.82) is 0 Å². The number of hydrogen-bond acceptors (Lipinski definition) is 9. The van der Waals surface area contributed by atoms with E-state index in [1.807, 2.05) is 120 Å². The van der Waals surface area contributed by atoms with Gasteiger partial charge in [-0.05, 0) is 57.7 Å². The molecule has 1 saturated heterocycles. The van der Waals surface area contributed by atoms with Crippen LogP contribution in [-0.4, -0.2) is 67.7 Å². The van der Waals surface area contributed by atoms with Crippen LogP contribution in [0.1, 0.15) is 39.9 Å². The SMILES string of the molecule is COc1ccc(COC(=O)C2=C(CCSCc3cn(C(c4ccccc4)(c4ccccc4)c4ccccc4)nn3)CS[C@@H]3[C@H](NC(=O)Cc4ccccc4)C(=O)N23)cc1. The second kappa shape index (κ2) is 18.2. The van der Waals surface area contributed by atoms with Gasteiger partial charge in [0.15, 0.2) is 0 Å². The lowest BCUT2D eigenvalue weighted by Gasteiger charge is -2.49. The van der Waals surface area contributed by atoms with Crippen LogP contribution in [0, 0.1) is 0 Å². The molecule has 3 heterocycles. The number of carbonyl (C=O) groups is 3. The van der Waals surface area contributed by atoms with Gasteiger partial charge in [-0.1, -0.05) is 139 Å². The molecule has 1 fully saturated rings. The number of carbonyl (C=O) groups excluding carboxylic acids is 3. The lowest BCUT2D eigenvalue weighted by Crippen LogP contribution is -2.70. The van der Waals surface area contributed by atoms with Crippen LogP contribution in [0.5, 0.6) is 5.75 Å². The maximum absolute atomic E-state index is 13.9. The van der Waals surface area contributed by atoms with Crippen molar-refractivity contribution in [3.63, 3.8) is 0 Å².